The number of ether oxygens (including phenoxy) is 3. The normalized spacial score (nSPS) is 10.4. The van der Waals surface area contributed by atoms with Crippen molar-refractivity contribution < 1.29 is 14.2 Å². The topological polar surface area (TPSA) is 27.7 Å². The van der Waals surface area contributed by atoms with Crippen molar-refractivity contribution in [3.8, 4) is 11.5 Å². The molecule has 18 heavy (non-hydrogen) atoms. The second-order valence-electron chi connectivity index (χ2n) is 3.71. The predicted octanol–water partition coefficient (Wildman–Crippen LogP) is 3.79. The average molecular weight is 317 g/mol. The maximum Gasteiger partial charge on any atom is 0.165 e. The van der Waals surface area contributed by atoms with Crippen LogP contribution in [0, 0.1) is 0 Å². The molecule has 0 heterocycles. The molecule has 0 saturated heterocycles. The molecular formula is C14H21BrO3. The van der Waals surface area contributed by atoms with Crippen LogP contribution in [0.1, 0.15) is 25.8 Å². The molecule has 0 N–H and O–H groups in total. The summed E-state index contributed by atoms with van der Waals surface area (Å²) in [6.45, 7) is 6.73. The fraction of sp³-hybridized carbons (Fsp3) is 0.571. The monoisotopic (exact) mass is 316 g/mol. The second kappa shape index (κ2) is 9.22. The Labute approximate surface area is 118 Å². The summed E-state index contributed by atoms with van der Waals surface area (Å²) in [4.78, 5) is 0. The van der Waals surface area contributed by atoms with Crippen molar-refractivity contribution in [2.24, 2.45) is 0 Å². The Hall–Kier alpha value is -0.740. The first-order valence-electron chi connectivity index (χ1n) is 6.34. The van der Waals surface area contributed by atoms with Crippen molar-refractivity contribution >= 4 is 15.9 Å². The summed E-state index contributed by atoms with van der Waals surface area (Å²) in [6.07, 6.45) is 0.885. The van der Waals surface area contributed by atoms with Crippen LogP contribution in [0.5, 0.6) is 11.5 Å². The highest BCUT2D eigenvalue weighted by atomic mass is 79.9. The molecule has 1 aromatic carbocycles. The minimum atomic E-state index is 0.640. The third kappa shape index (κ3) is 4.86. The summed E-state index contributed by atoms with van der Waals surface area (Å²) in [7, 11) is 0. The molecule has 0 aliphatic rings. The van der Waals surface area contributed by atoms with Crippen molar-refractivity contribution in [1.82, 2.24) is 0 Å². The first kappa shape index (κ1) is 15.3. The van der Waals surface area contributed by atoms with Gasteiger partial charge < -0.3 is 14.2 Å². The maximum absolute atomic E-state index is 5.82. The number of hydrogen-bond donors (Lipinski definition) is 0. The van der Waals surface area contributed by atoms with Gasteiger partial charge in [-0.2, -0.15) is 0 Å². The van der Waals surface area contributed by atoms with Gasteiger partial charge in [-0.3, -0.25) is 0 Å². The molecule has 0 atom stereocenters. The van der Waals surface area contributed by atoms with Gasteiger partial charge in [0.1, 0.15) is 0 Å². The van der Waals surface area contributed by atoms with E-state index in [1.165, 1.54) is 0 Å². The van der Waals surface area contributed by atoms with Crippen LogP contribution in [0.4, 0.5) is 0 Å². The standard InChI is InChI=1S/C14H21BrO3/c1-3-16-9-6-10-18-14-12(11-15)7-5-8-13(14)17-4-2/h5,7-8H,3-4,6,9-11H2,1-2H3. The summed E-state index contributed by atoms with van der Waals surface area (Å²) < 4.78 is 16.7. The highest BCUT2D eigenvalue weighted by Gasteiger charge is 2.09. The van der Waals surface area contributed by atoms with Crippen molar-refractivity contribution in [3.63, 3.8) is 0 Å². The van der Waals surface area contributed by atoms with Gasteiger partial charge in [-0.15, -0.1) is 0 Å². The van der Waals surface area contributed by atoms with Gasteiger partial charge in [-0.25, -0.2) is 0 Å². The minimum Gasteiger partial charge on any atom is -0.490 e. The van der Waals surface area contributed by atoms with Crippen molar-refractivity contribution in [1.29, 1.82) is 0 Å². The first-order valence-corrected chi connectivity index (χ1v) is 7.46. The third-order valence-electron chi connectivity index (χ3n) is 2.39. The van der Waals surface area contributed by atoms with E-state index in [0.29, 0.717) is 13.2 Å². The van der Waals surface area contributed by atoms with Crippen LogP contribution >= 0.6 is 15.9 Å². The quantitative estimate of drug-likeness (QED) is 0.512. The van der Waals surface area contributed by atoms with Gasteiger partial charge in [0, 0.05) is 30.5 Å². The predicted molar refractivity (Wildman–Crippen MR) is 76.8 cm³/mol. The fourth-order valence-electron chi connectivity index (χ4n) is 1.58. The van der Waals surface area contributed by atoms with E-state index in [1.807, 2.05) is 32.0 Å². The molecule has 4 heteroatoms. The van der Waals surface area contributed by atoms with Gasteiger partial charge in [0.05, 0.1) is 13.2 Å². The number of hydrogen-bond acceptors (Lipinski definition) is 3. The zero-order valence-corrected chi connectivity index (χ0v) is 12.7. The second-order valence-corrected chi connectivity index (χ2v) is 4.27. The zero-order chi connectivity index (χ0) is 13.2. The fourth-order valence-corrected chi connectivity index (χ4v) is 2.02. The van der Waals surface area contributed by atoms with Gasteiger partial charge in [-0.1, -0.05) is 28.1 Å². The molecule has 0 aliphatic heterocycles. The van der Waals surface area contributed by atoms with E-state index < -0.39 is 0 Å². The summed E-state index contributed by atoms with van der Waals surface area (Å²) in [5, 5.41) is 0.759. The molecule has 0 radical (unpaired) electrons. The van der Waals surface area contributed by atoms with Gasteiger partial charge in [-0.05, 0) is 19.9 Å². The molecule has 0 spiro atoms. The Morgan fingerprint density at radius 1 is 1.06 bits per heavy atom. The van der Waals surface area contributed by atoms with E-state index in [0.717, 1.165) is 42.0 Å². The first-order chi connectivity index (χ1) is 8.83. The van der Waals surface area contributed by atoms with Crippen LogP contribution in [0.15, 0.2) is 18.2 Å². The molecule has 0 aromatic heterocycles. The lowest BCUT2D eigenvalue weighted by atomic mass is 10.2. The van der Waals surface area contributed by atoms with Crippen molar-refractivity contribution in [3.05, 3.63) is 23.8 Å². The summed E-state index contributed by atoms with van der Waals surface area (Å²) in [5.41, 5.74) is 1.11. The Bertz CT molecular complexity index is 342. The SMILES string of the molecule is CCOCCCOc1c(CBr)cccc1OCC. The highest BCUT2D eigenvalue weighted by Crippen LogP contribution is 2.32. The maximum atomic E-state index is 5.82. The largest absolute Gasteiger partial charge is 0.490 e. The Kier molecular flexibility index (Phi) is 7.85. The van der Waals surface area contributed by atoms with Gasteiger partial charge in [0.25, 0.3) is 0 Å². The molecule has 0 amide bonds. The minimum absolute atomic E-state index is 0.640. The van der Waals surface area contributed by atoms with E-state index in [4.69, 9.17) is 14.2 Å². The number of alkyl halides is 1. The average Bonchev–Trinajstić information content (AvgIpc) is 2.40. The van der Waals surface area contributed by atoms with Crippen molar-refractivity contribution in [2.45, 2.75) is 25.6 Å². The lowest BCUT2D eigenvalue weighted by molar-refractivity contribution is 0.130. The van der Waals surface area contributed by atoms with Crippen LogP contribution in [-0.4, -0.2) is 26.4 Å². The number of halogens is 1. The van der Waals surface area contributed by atoms with Crippen LogP contribution in [0.2, 0.25) is 0 Å². The smallest absolute Gasteiger partial charge is 0.165 e. The van der Waals surface area contributed by atoms with Gasteiger partial charge >= 0.3 is 0 Å². The lowest BCUT2D eigenvalue weighted by Crippen LogP contribution is -2.06. The van der Waals surface area contributed by atoms with E-state index in [1.54, 1.807) is 0 Å². The third-order valence-corrected chi connectivity index (χ3v) is 2.99. The number of para-hydroxylation sites is 1. The lowest BCUT2D eigenvalue weighted by Gasteiger charge is -2.14. The summed E-state index contributed by atoms with van der Waals surface area (Å²) >= 11 is 3.47. The Balaban J connectivity index is 2.60. The highest BCUT2D eigenvalue weighted by molar-refractivity contribution is 9.08. The molecule has 0 bridgehead atoms. The molecular weight excluding hydrogens is 296 g/mol. The van der Waals surface area contributed by atoms with E-state index in [2.05, 4.69) is 15.9 Å². The molecule has 0 saturated carbocycles. The molecule has 102 valence electrons. The van der Waals surface area contributed by atoms with Gasteiger partial charge in [0.2, 0.25) is 0 Å². The summed E-state index contributed by atoms with van der Waals surface area (Å²) in [5.74, 6) is 1.65. The molecule has 0 unspecified atom stereocenters. The Morgan fingerprint density at radius 3 is 2.56 bits per heavy atom. The van der Waals surface area contributed by atoms with Gasteiger partial charge in [0.15, 0.2) is 11.5 Å². The molecule has 0 fully saturated rings. The van der Waals surface area contributed by atoms with E-state index in [9.17, 15) is 0 Å². The zero-order valence-electron chi connectivity index (χ0n) is 11.1. The molecule has 3 nitrogen and oxygen atoms in total. The van der Waals surface area contributed by atoms with Crippen LogP contribution in [-0.2, 0) is 10.1 Å². The van der Waals surface area contributed by atoms with E-state index in [-0.39, 0.29) is 0 Å². The van der Waals surface area contributed by atoms with Crippen molar-refractivity contribution in [2.75, 3.05) is 26.4 Å². The molecule has 1 aromatic rings. The molecule has 1 rings (SSSR count). The Morgan fingerprint density at radius 2 is 1.89 bits per heavy atom. The molecule has 0 aliphatic carbocycles. The van der Waals surface area contributed by atoms with Crippen LogP contribution in [0.25, 0.3) is 0 Å². The number of benzene rings is 1. The number of rotatable bonds is 9. The summed E-state index contributed by atoms with van der Waals surface area (Å²) in [6, 6.07) is 5.96. The van der Waals surface area contributed by atoms with Crippen LogP contribution < -0.4 is 9.47 Å². The van der Waals surface area contributed by atoms with E-state index >= 15 is 0 Å². The van der Waals surface area contributed by atoms with Crippen LogP contribution in [0.3, 0.4) is 0 Å².